The number of likely N-dealkylation sites (tertiary alicyclic amines) is 1. The topological polar surface area (TPSA) is 45.5 Å². The number of nitrogens with one attached hydrogen (secondary N) is 1. The summed E-state index contributed by atoms with van der Waals surface area (Å²) in [5, 5.41) is 4.08. The number of hydrogen-bond acceptors (Lipinski definition) is 3. The van der Waals surface area contributed by atoms with E-state index in [1.807, 2.05) is 38.2 Å². The van der Waals surface area contributed by atoms with E-state index in [0.717, 1.165) is 41.8 Å². The van der Waals surface area contributed by atoms with Crippen LogP contribution in [-0.4, -0.2) is 30.4 Å². The van der Waals surface area contributed by atoms with Crippen LogP contribution in [0.4, 0.5) is 5.69 Å². The summed E-state index contributed by atoms with van der Waals surface area (Å²) in [6.45, 7) is 2.93. The van der Waals surface area contributed by atoms with Gasteiger partial charge in [-0.1, -0.05) is 12.8 Å². The Labute approximate surface area is 125 Å². The maximum atomic E-state index is 12.5. The van der Waals surface area contributed by atoms with Gasteiger partial charge in [0.15, 0.2) is 0 Å². The van der Waals surface area contributed by atoms with Crippen LogP contribution in [-0.2, 0) is 4.79 Å². The van der Waals surface area contributed by atoms with Crippen LogP contribution in [0, 0.1) is 6.92 Å². The number of furan rings is 1. The lowest BCUT2D eigenvalue weighted by atomic mass is 10.1. The highest BCUT2D eigenvalue weighted by molar-refractivity contribution is 5.96. The van der Waals surface area contributed by atoms with E-state index in [4.69, 9.17) is 4.42 Å². The second kappa shape index (κ2) is 5.90. The van der Waals surface area contributed by atoms with Crippen molar-refractivity contribution in [3.8, 4) is 0 Å². The SMILES string of the molecule is Cc1cc2cc(NC(=O)C3CCCCCN3C)ccc2o1. The molecule has 1 aliphatic rings. The van der Waals surface area contributed by atoms with Gasteiger partial charge in [-0.2, -0.15) is 0 Å². The van der Waals surface area contributed by atoms with Crippen molar-refractivity contribution in [2.75, 3.05) is 18.9 Å². The van der Waals surface area contributed by atoms with Crippen molar-refractivity contribution >= 4 is 22.6 Å². The number of likely N-dealkylation sites (N-methyl/N-ethyl adjacent to an activating group) is 1. The van der Waals surface area contributed by atoms with E-state index in [1.54, 1.807) is 0 Å². The van der Waals surface area contributed by atoms with E-state index in [0.29, 0.717) is 0 Å². The molecule has 0 spiro atoms. The molecular weight excluding hydrogens is 264 g/mol. The zero-order valence-corrected chi connectivity index (χ0v) is 12.7. The maximum absolute atomic E-state index is 12.5. The Morgan fingerprint density at radius 2 is 2.14 bits per heavy atom. The van der Waals surface area contributed by atoms with Crippen LogP contribution in [0.3, 0.4) is 0 Å². The zero-order valence-electron chi connectivity index (χ0n) is 12.7. The Morgan fingerprint density at radius 1 is 1.29 bits per heavy atom. The lowest BCUT2D eigenvalue weighted by Gasteiger charge is -2.24. The summed E-state index contributed by atoms with van der Waals surface area (Å²) in [6.07, 6.45) is 4.46. The molecule has 1 amide bonds. The monoisotopic (exact) mass is 286 g/mol. The fourth-order valence-corrected chi connectivity index (χ4v) is 3.06. The summed E-state index contributed by atoms with van der Waals surface area (Å²) >= 11 is 0. The highest BCUT2D eigenvalue weighted by Crippen LogP contribution is 2.23. The molecule has 1 unspecified atom stereocenters. The number of hydrogen-bond donors (Lipinski definition) is 1. The van der Waals surface area contributed by atoms with Gasteiger partial charge in [-0.25, -0.2) is 0 Å². The van der Waals surface area contributed by atoms with Crippen LogP contribution in [0.25, 0.3) is 11.0 Å². The van der Waals surface area contributed by atoms with Crippen LogP contribution >= 0.6 is 0 Å². The second-order valence-corrected chi connectivity index (χ2v) is 5.94. The fraction of sp³-hybridized carbons (Fsp3) is 0.471. The quantitative estimate of drug-likeness (QED) is 0.918. The Balaban J connectivity index is 1.75. The van der Waals surface area contributed by atoms with Gasteiger partial charge >= 0.3 is 0 Å². The van der Waals surface area contributed by atoms with E-state index in [2.05, 4.69) is 10.2 Å². The van der Waals surface area contributed by atoms with Crippen molar-refractivity contribution in [1.29, 1.82) is 0 Å². The summed E-state index contributed by atoms with van der Waals surface area (Å²) < 4.78 is 5.56. The smallest absolute Gasteiger partial charge is 0.241 e. The third kappa shape index (κ3) is 3.10. The molecule has 0 bridgehead atoms. The third-order valence-corrected chi connectivity index (χ3v) is 4.23. The molecule has 0 radical (unpaired) electrons. The summed E-state index contributed by atoms with van der Waals surface area (Å²) in [5.41, 5.74) is 1.70. The number of anilines is 1. The number of rotatable bonds is 2. The first-order valence-corrected chi connectivity index (χ1v) is 7.65. The van der Waals surface area contributed by atoms with Gasteiger partial charge in [0.05, 0.1) is 6.04 Å². The largest absolute Gasteiger partial charge is 0.461 e. The minimum absolute atomic E-state index is 0.0192. The van der Waals surface area contributed by atoms with Gasteiger partial charge in [0.25, 0.3) is 0 Å². The van der Waals surface area contributed by atoms with E-state index < -0.39 is 0 Å². The van der Waals surface area contributed by atoms with Crippen LogP contribution in [0.2, 0.25) is 0 Å². The zero-order chi connectivity index (χ0) is 14.8. The highest BCUT2D eigenvalue weighted by Gasteiger charge is 2.24. The van der Waals surface area contributed by atoms with Crippen LogP contribution < -0.4 is 5.32 Å². The van der Waals surface area contributed by atoms with E-state index in [9.17, 15) is 4.79 Å². The highest BCUT2D eigenvalue weighted by atomic mass is 16.3. The van der Waals surface area contributed by atoms with E-state index in [-0.39, 0.29) is 11.9 Å². The van der Waals surface area contributed by atoms with E-state index >= 15 is 0 Å². The number of fused-ring (bicyclic) bond motifs is 1. The lowest BCUT2D eigenvalue weighted by Crippen LogP contribution is -2.41. The number of amides is 1. The molecule has 1 saturated heterocycles. The summed E-state index contributed by atoms with van der Waals surface area (Å²) in [7, 11) is 2.04. The van der Waals surface area contributed by atoms with Gasteiger partial charge in [0.1, 0.15) is 11.3 Å². The van der Waals surface area contributed by atoms with Crippen molar-refractivity contribution < 1.29 is 9.21 Å². The molecule has 112 valence electrons. The number of nitrogens with zero attached hydrogens (tertiary/aromatic N) is 1. The molecule has 1 aromatic heterocycles. The predicted molar refractivity (Wildman–Crippen MR) is 84.5 cm³/mol. The summed E-state index contributed by atoms with van der Waals surface area (Å²) in [4.78, 5) is 14.7. The first kappa shape index (κ1) is 14.1. The molecule has 0 aliphatic carbocycles. The Morgan fingerprint density at radius 3 is 3.00 bits per heavy atom. The van der Waals surface area contributed by atoms with Crippen molar-refractivity contribution in [3.63, 3.8) is 0 Å². The third-order valence-electron chi connectivity index (χ3n) is 4.23. The standard InChI is InChI=1S/C17H22N2O2/c1-12-10-13-11-14(7-8-16(13)21-12)18-17(20)15-6-4-3-5-9-19(15)2/h7-8,10-11,15H,3-6,9H2,1-2H3,(H,18,20). The molecule has 1 N–H and O–H groups in total. The van der Waals surface area contributed by atoms with Gasteiger partial charge in [-0.15, -0.1) is 0 Å². The molecular formula is C17H22N2O2. The molecule has 1 aliphatic heterocycles. The Hall–Kier alpha value is -1.81. The summed E-state index contributed by atoms with van der Waals surface area (Å²) in [6, 6.07) is 7.76. The van der Waals surface area contributed by atoms with Crippen molar-refractivity contribution in [2.24, 2.45) is 0 Å². The molecule has 2 heterocycles. The number of carbonyl (C=O) groups excluding carboxylic acids is 1. The van der Waals surface area contributed by atoms with Gasteiger partial charge in [-0.05, 0) is 57.6 Å². The average molecular weight is 286 g/mol. The van der Waals surface area contributed by atoms with Crippen LogP contribution in [0.1, 0.15) is 31.4 Å². The lowest BCUT2D eigenvalue weighted by molar-refractivity contribution is -0.120. The normalized spacial score (nSPS) is 20.4. The van der Waals surface area contributed by atoms with Gasteiger partial charge in [0, 0.05) is 11.1 Å². The first-order valence-electron chi connectivity index (χ1n) is 7.65. The molecule has 1 aromatic carbocycles. The molecule has 2 aromatic rings. The minimum atomic E-state index is -0.0192. The second-order valence-electron chi connectivity index (χ2n) is 5.94. The molecule has 1 atom stereocenters. The molecule has 21 heavy (non-hydrogen) atoms. The Kier molecular flexibility index (Phi) is 3.97. The fourth-order valence-electron chi connectivity index (χ4n) is 3.06. The number of carbonyl (C=O) groups is 1. The van der Waals surface area contributed by atoms with Gasteiger partial charge in [-0.3, -0.25) is 9.69 Å². The van der Waals surface area contributed by atoms with Gasteiger partial charge < -0.3 is 9.73 Å². The number of aryl methyl sites for hydroxylation is 1. The van der Waals surface area contributed by atoms with Crippen LogP contribution in [0.5, 0.6) is 0 Å². The van der Waals surface area contributed by atoms with Crippen molar-refractivity contribution in [3.05, 3.63) is 30.0 Å². The minimum Gasteiger partial charge on any atom is -0.461 e. The van der Waals surface area contributed by atoms with Crippen molar-refractivity contribution in [2.45, 2.75) is 38.6 Å². The molecule has 1 fully saturated rings. The average Bonchev–Trinajstić information content (AvgIpc) is 2.67. The Bertz CT molecular complexity index is 647. The predicted octanol–water partition coefficient (Wildman–Crippen LogP) is 3.55. The molecule has 0 saturated carbocycles. The van der Waals surface area contributed by atoms with Crippen LogP contribution in [0.15, 0.2) is 28.7 Å². The molecule has 4 heteroatoms. The van der Waals surface area contributed by atoms with Gasteiger partial charge in [0.2, 0.25) is 5.91 Å². The molecule has 4 nitrogen and oxygen atoms in total. The van der Waals surface area contributed by atoms with Crippen molar-refractivity contribution in [1.82, 2.24) is 4.90 Å². The molecule has 3 rings (SSSR count). The maximum Gasteiger partial charge on any atom is 0.241 e. The number of benzene rings is 1. The van der Waals surface area contributed by atoms with E-state index in [1.165, 1.54) is 12.8 Å². The first-order chi connectivity index (χ1) is 10.1. The summed E-state index contributed by atoms with van der Waals surface area (Å²) in [5.74, 6) is 0.982.